The Morgan fingerprint density at radius 3 is 2.74 bits per heavy atom. The van der Waals surface area contributed by atoms with Crippen molar-refractivity contribution in [1.82, 2.24) is 0 Å². The van der Waals surface area contributed by atoms with Gasteiger partial charge in [0.1, 0.15) is 0 Å². The highest BCUT2D eigenvalue weighted by Gasteiger charge is 2.33. The number of nitro benzene ring substituents is 1. The smallest absolute Gasteiger partial charge is 0.305 e. The molecule has 1 aromatic rings. The fourth-order valence-electron chi connectivity index (χ4n) is 1.96. The number of nitrogens with zero attached hydrogens (tertiary/aromatic N) is 1. The van der Waals surface area contributed by atoms with Crippen molar-refractivity contribution in [1.29, 1.82) is 0 Å². The molecular weight excluding hydrogens is 255 g/mol. The number of carbonyl (C=O) groups is 1. The van der Waals surface area contributed by atoms with Crippen molar-refractivity contribution in [2.45, 2.75) is 25.3 Å². The Morgan fingerprint density at radius 2 is 2.26 bits per heavy atom. The highest BCUT2D eigenvalue weighted by atomic mass is 19.1. The summed E-state index contributed by atoms with van der Waals surface area (Å²) in [6.45, 7) is 0. The first-order valence-corrected chi connectivity index (χ1v) is 5.89. The first kappa shape index (κ1) is 13.3. The van der Waals surface area contributed by atoms with Crippen LogP contribution in [0, 0.1) is 21.8 Å². The molecule has 0 bridgehead atoms. The molecule has 0 saturated heterocycles. The molecule has 102 valence electrons. The number of non-ortho nitro benzene ring substituents is 1. The lowest BCUT2D eigenvalue weighted by atomic mass is 10.1. The molecule has 0 aromatic heterocycles. The minimum Gasteiger partial charge on any atom is -0.481 e. The first-order chi connectivity index (χ1) is 8.97. The number of anilines is 1. The maximum atomic E-state index is 13.7. The van der Waals surface area contributed by atoms with Crippen LogP contribution >= 0.6 is 0 Å². The van der Waals surface area contributed by atoms with Crippen molar-refractivity contribution in [3.8, 4) is 0 Å². The highest BCUT2D eigenvalue weighted by Crippen LogP contribution is 2.36. The van der Waals surface area contributed by atoms with E-state index in [0.717, 1.165) is 18.9 Å². The van der Waals surface area contributed by atoms with Gasteiger partial charge < -0.3 is 10.4 Å². The molecular formula is C12H13FN2O4. The van der Waals surface area contributed by atoms with Crippen LogP contribution in [0.15, 0.2) is 18.2 Å². The summed E-state index contributed by atoms with van der Waals surface area (Å²) in [6.07, 6.45) is 1.74. The Morgan fingerprint density at radius 1 is 1.58 bits per heavy atom. The van der Waals surface area contributed by atoms with E-state index in [1.165, 1.54) is 12.1 Å². The summed E-state index contributed by atoms with van der Waals surface area (Å²) in [4.78, 5) is 20.6. The quantitative estimate of drug-likeness (QED) is 0.610. The largest absolute Gasteiger partial charge is 0.481 e. The van der Waals surface area contributed by atoms with E-state index in [2.05, 4.69) is 5.32 Å². The van der Waals surface area contributed by atoms with E-state index in [1.807, 2.05) is 0 Å². The van der Waals surface area contributed by atoms with Gasteiger partial charge in [-0.05, 0) is 24.8 Å². The van der Waals surface area contributed by atoms with Crippen molar-refractivity contribution in [2.24, 2.45) is 5.92 Å². The van der Waals surface area contributed by atoms with Gasteiger partial charge in [0.2, 0.25) is 0 Å². The van der Waals surface area contributed by atoms with Crippen molar-refractivity contribution < 1.29 is 19.2 Å². The Balaban J connectivity index is 2.12. The van der Waals surface area contributed by atoms with Gasteiger partial charge in [0.15, 0.2) is 5.82 Å². The molecule has 7 heteroatoms. The van der Waals surface area contributed by atoms with Crippen LogP contribution in [0.5, 0.6) is 0 Å². The molecule has 2 N–H and O–H groups in total. The van der Waals surface area contributed by atoms with E-state index < -0.39 is 16.7 Å². The molecule has 1 aromatic carbocycles. The fourth-order valence-corrected chi connectivity index (χ4v) is 1.96. The second-order valence-electron chi connectivity index (χ2n) is 4.61. The SMILES string of the molecule is O=C(O)CC(Nc1ccc([N+](=O)[O-])cc1F)C1CC1. The molecule has 0 amide bonds. The third kappa shape index (κ3) is 3.40. The van der Waals surface area contributed by atoms with Gasteiger partial charge in [-0.3, -0.25) is 14.9 Å². The maximum Gasteiger partial charge on any atom is 0.305 e. The molecule has 1 saturated carbocycles. The summed E-state index contributed by atoms with van der Waals surface area (Å²) in [5, 5.41) is 22.1. The molecule has 19 heavy (non-hydrogen) atoms. The van der Waals surface area contributed by atoms with Gasteiger partial charge in [0.05, 0.1) is 23.1 Å². The van der Waals surface area contributed by atoms with E-state index in [4.69, 9.17) is 5.11 Å². The highest BCUT2D eigenvalue weighted by molar-refractivity contribution is 5.68. The van der Waals surface area contributed by atoms with Crippen LogP contribution in [0.1, 0.15) is 19.3 Å². The van der Waals surface area contributed by atoms with Crippen LogP contribution in [-0.4, -0.2) is 22.0 Å². The number of carboxylic acids is 1. The molecule has 1 fully saturated rings. The lowest BCUT2D eigenvalue weighted by Gasteiger charge is -2.17. The topological polar surface area (TPSA) is 92.5 Å². The van der Waals surface area contributed by atoms with E-state index in [9.17, 15) is 19.3 Å². The number of carboxylic acid groups (broad SMARTS) is 1. The van der Waals surface area contributed by atoms with E-state index in [1.54, 1.807) is 0 Å². The normalized spacial score (nSPS) is 15.8. The number of benzene rings is 1. The number of aliphatic carboxylic acids is 1. The number of halogens is 1. The van der Waals surface area contributed by atoms with Crippen molar-refractivity contribution in [3.05, 3.63) is 34.1 Å². The van der Waals surface area contributed by atoms with Crippen LogP contribution in [0.3, 0.4) is 0 Å². The van der Waals surface area contributed by atoms with Gasteiger partial charge in [0, 0.05) is 12.1 Å². The van der Waals surface area contributed by atoms with Crippen molar-refractivity contribution in [2.75, 3.05) is 5.32 Å². The number of nitro groups is 1. The maximum absolute atomic E-state index is 13.7. The van der Waals surface area contributed by atoms with Gasteiger partial charge >= 0.3 is 5.97 Å². The van der Waals surface area contributed by atoms with Crippen LogP contribution in [0.2, 0.25) is 0 Å². The van der Waals surface area contributed by atoms with Crippen molar-refractivity contribution in [3.63, 3.8) is 0 Å². The van der Waals surface area contributed by atoms with E-state index >= 15 is 0 Å². The molecule has 1 unspecified atom stereocenters. The monoisotopic (exact) mass is 268 g/mol. The average molecular weight is 268 g/mol. The van der Waals surface area contributed by atoms with Crippen LogP contribution in [0.25, 0.3) is 0 Å². The third-order valence-electron chi connectivity index (χ3n) is 3.09. The Labute approximate surface area is 108 Å². The van der Waals surface area contributed by atoms with Crippen molar-refractivity contribution >= 4 is 17.3 Å². The predicted molar refractivity (Wildman–Crippen MR) is 65.4 cm³/mol. The summed E-state index contributed by atoms with van der Waals surface area (Å²) in [7, 11) is 0. The Hall–Kier alpha value is -2.18. The zero-order valence-corrected chi connectivity index (χ0v) is 10.0. The predicted octanol–water partition coefficient (Wildman–Crippen LogP) is 2.40. The summed E-state index contributed by atoms with van der Waals surface area (Å²) < 4.78 is 13.7. The zero-order valence-electron chi connectivity index (χ0n) is 10.0. The fraction of sp³-hybridized carbons (Fsp3) is 0.417. The second-order valence-corrected chi connectivity index (χ2v) is 4.61. The van der Waals surface area contributed by atoms with E-state index in [0.29, 0.717) is 0 Å². The van der Waals surface area contributed by atoms with Gasteiger partial charge in [-0.25, -0.2) is 4.39 Å². The molecule has 0 radical (unpaired) electrons. The van der Waals surface area contributed by atoms with Crippen LogP contribution in [-0.2, 0) is 4.79 Å². The molecule has 0 spiro atoms. The molecule has 1 aliphatic rings. The molecule has 1 atom stereocenters. The standard InChI is InChI=1S/C12H13FN2O4/c13-9-5-8(15(18)19)3-4-10(9)14-11(6-12(16)17)7-1-2-7/h3-5,7,11,14H,1-2,6H2,(H,16,17). The lowest BCUT2D eigenvalue weighted by molar-refractivity contribution is -0.385. The number of hydrogen-bond acceptors (Lipinski definition) is 4. The molecule has 1 aliphatic carbocycles. The summed E-state index contributed by atoms with van der Waals surface area (Å²) in [5.41, 5.74) is -0.229. The average Bonchev–Trinajstić information content (AvgIpc) is 3.13. The number of hydrogen-bond donors (Lipinski definition) is 2. The molecule has 0 aliphatic heterocycles. The Kier molecular flexibility index (Phi) is 3.64. The molecule has 0 heterocycles. The summed E-state index contributed by atoms with van der Waals surface area (Å²) >= 11 is 0. The van der Waals surface area contributed by atoms with Crippen LogP contribution in [0.4, 0.5) is 15.8 Å². The van der Waals surface area contributed by atoms with Crippen LogP contribution < -0.4 is 5.32 Å². The lowest BCUT2D eigenvalue weighted by Crippen LogP contribution is -2.25. The number of rotatable bonds is 6. The Bertz CT molecular complexity index is 516. The number of nitrogens with one attached hydrogen (secondary N) is 1. The van der Waals surface area contributed by atoms with Gasteiger partial charge in [-0.15, -0.1) is 0 Å². The minimum absolute atomic E-state index is 0.0961. The minimum atomic E-state index is -0.952. The third-order valence-corrected chi connectivity index (χ3v) is 3.09. The zero-order chi connectivity index (χ0) is 14.0. The second kappa shape index (κ2) is 5.21. The summed E-state index contributed by atoms with van der Waals surface area (Å²) in [5.74, 6) is -1.47. The molecule has 2 rings (SSSR count). The van der Waals surface area contributed by atoms with Gasteiger partial charge in [-0.1, -0.05) is 0 Å². The van der Waals surface area contributed by atoms with Gasteiger partial charge in [-0.2, -0.15) is 0 Å². The first-order valence-electron chi connectivity index (χ1n) is 5.89. The van der Waals surface area contributed by atoms with E-state index in [-0.39, 0.29) is 29.8 Å². The summed E-state index contributed by atoms with van der Waals surface area (Å²) in [6, 6.07) is 2.95. The molecule has 6 nitrogen and oxygen atoms in total. The van der Waals surface area contributed by atoms with Gasteiger partial charge in [0.25, 0.3) is 5.69 Å².